The van der Waals surface area contributed by atoms with Gasteiger partial charge in [0.2, 0.25) is 0 Å². The van der Waals surface area contributed by atoms with Gasteiger partial charge in [0.05, 0.1) is 11.1 Å². The van der Waals surface area contributed by atoms with Gasteiger partial charge in [0.1, 0.15) is 11.6 Å². The van der Waals surface area contributed by atoms with E-state index in [0.717, 1.165) is 0 Å². The molecule has 1 aromatic carbocycles. The highest BCUT2D eigenvalue weighted by Gasteiger charge is 2.16. The molecule has 4 nitrogen and oxygen atoms in total. The average molecular weight is 215 g/mol. The quantitative estimate of drug-likeness (QED) is 0.626. The molecule has 3 rings (SSSR count). The number of fused-ring (bicyclic) bond motifs is 3. The minimum atomic E-state index is -0.477. The second kappa shape index (κ2) is 2.83. The minimum absolute atomic E-state index is 0.0982. The molecule has 0 aliphatic carbocycles. The summed E-state index contributed by atoms with van der Waals surface area (Å²) in [5.41, 5.74) is 1.48. The van der Waals surface area contributed by atoms with E-state index in [4.69, 9.17) is 9.68 Å². The van der Waals surface area contributed by atoms with Crippen LogP contribution in [0.15, 0.2) is 16.7 Å². The van der Waals surface area contributed by atoms with Gasteiger partial charge in [-0.1, -0.05) is 0 Å². The topological polar surface area (TPSA) is 65.6 Å². The van der Waals surface area contributed by atoms with Gasteiger partial charge in [0, 0.05) is 24.6 Å². The maximum Gasteiger partial charge on any atom is 0.192 e. The van der Waals surface area contributed by atoms with Gasteiger partial charge < -0.3 is 9.40 Å². The van der Waals surface area contributed by atoms with Crippen LogP contribution in [-0.2, 0) is 0 Å². The maximum atomic E-state index is 13.6. The third-order valence-electron chi connectivity index (χ3n) is 2.49. The van der Waals surface area contributed by atoms with Gasteiger partial charge >= 0.3 is 0 Å². The molecule has 0 atom stereocenters. The van der Waals surface area contributed by atoms with Crippen LogP contribution < -0.4 is 0 Å². The summed E-state index contributed by atoms with van der Waals surface area (Å²) in [5, 5.41) is 9.55. The number of H-pyrrole nitrogens is 1. The Morgan fingerprint density at radius 1 is 1.56 bits per heavy atom. The average Bonchev–Trinajstić information content (AvgIpc) is 2.80. The lowest BCUT2D eigenvalue weighted by Gasteiger charge is -1.93. The SMILES string of the molecule is Cc1nc2c(o1)c(F)cc1[nH]cc(C#N)c12. The van der Waals surface area contributed by atoms with E-state index in [9.17, 15) is 4.39 Å². The van der Waals surface area contributed by atoms with E-state index in [-0.39, 0.29) is 5.58 Å². The largest absolute Gasteiger partial charge is 0.438 e. The highest BCUT2D eigenvalue weighted by atomic mass is 19.1. The summed E-state index contributed by atoms with van der Waals surface area (Å²) in [4.78, 5) is 6.94. The first-order valence-corrected chi connectivity index (χ1v) is 4.67. The molecule has 16 heavy (non-hydrogen) atoms. The van der Waals surface area contributed by atoms with E-state index < -0.39 is 5.82 Å². The van der Waals surface area contributed by atoms with Crippen molar-refractivity contribution >= 4 is 22.0 Å². The number of aryl methyl sites for hydroxylation is 1. The van der Waals surface area contributed by atoms with E-state index in [1.165, 1.54) is 12.3 Å². The first kappa shape index (κ1) is 8.92. The van der Waals surface area contributed by atoms with Gasteiger partial charge in [-0.25, -0.2) is 9.37 Å². The molecule has 1 N–H and O–H groups in total. The number of nitrogens with one attached hydrogen (secondary N) is 1. The fraction of sp³-hybridized carbons (Fsp3) is 0.0909. The van der Waals surface area contributed by atoms with Gasteiger partial charge in [-0.3, -0.25) is 0 Å². The van der Waals surface area contributed by atoms with Crippen molar-refractivity contribution < 1.29 is 8.81 Å². The van der Waals surface area contributed by atoms with E-state index in [0.29, 0.717) is 27.9 Å². The molecule has 2 aromatic heterocycles. The van der Waals surface area contributed by atoms with Gasteiger partial charge in [-0.15, -0.1) is 0 Å². The predicted molar refractivity (Wildman–Crippen MR) is 55.3 cm³/mol. The number of nitriles is 1. The number of aromatic amines is 1. The Bertz CT molecular complexity index is 748. The van der Waals surface area contributed by atoms with Crippen LogP contribution in [0.2, 0.25) is 0 Å². The van der Waals surface area contributed by atoms with Crippen molar-refractivity contribution in [2.24, 2.45) is 0 Å². The standard InChI is InChI=1S/C11H6FN3O/c1-5-15-10-9-6(3-13)4-14-8(9)2-7(12)11(10)16-5/h2,4,14H,1H3. The molecule has 3 aromatic rings. The molecule has 0 amide bonds. The van der Waals surface area contributed by atoms with Crippen LogP contribution in [0.5, 0.6) is 0 Å². The van der Waals surface area contributed by atoms with E-state index in [1.807, 2.05) is 6.07 Å². The summed E-state index contributed by atoms with van der Waals surface area (Å²) in [7, 11) is 0. The van der Waals surface area contributed by atoms with Gasteiger partial charge in [-0.05, 0) is 0 Å². The number of nitrogens with zero attached hydrogens (tertiary/aromatic N) is 2. The number of benzene rings is 1. The zero-order valence-electron chi connectivity index (χ0n) is 8.34. The lowest BCUT2D eigenvalue weighted by Crippen LogP contribution is -1.80. The Labute approximate surface area is 89.3 Å². The molecule has 0 saturated heterocycles. The molecule has 5 heteroatoms. The molecule has 0 aliphatic rings. The summed E-state index contributed by atoms with van der Waals surface area (Å²) in [6.45, 7) is 1.64. The normalized spacial score (nSPS) is 11.1. The Morgan fingerprint density at radius 2 is 2.38 bits per heavy atom. The summed E-state index contributed by atoms with van der Waals surface area (Å²) in [5.74, 6) is -0.0964. The molecule has 0 spiro atoms. The van der Waals surface area contributed by atoms with Crippen molar-refractivity contribution in [2.75, 3.05) is 0 Å². The Balaban J connectivity index is 2.64. The van der Waals surface area contributed by atoms with Gasteiger partial charge in [-0.2, -0.15) is 5.26 Å². The highest BCUT2D eigenvalue weighted by Crippen LogP contribution is 2.29. The van der Waals surface area contributed by atoms with Crippen LogP contribution in [0.1, 0.15) is 11.5 Å². The smallest absolute Gasteiger partial charge is 0.192 e. The minimum Gasteiger partial charge on any atom is -0.438 e. The van der Waals surface area contributed by atoms with E-state index in [1.54, 1.807) is 6.92 Å². The zero-order valence-corrected chi connectivity index (χ0v) is 8.34. The molecular formula is C11H6FN3O. The van der Waals surface area contributed by atoms with Gasteiger partial charge in [0.25, 0.3) is 0 Å². The summed E-state index contributed by atoms with van der Waals surface area (Å²) < 4.78 is 18.8. The highest BCUT2D eigenvalue weighted by molar-refractivity contribution is 6.05. The molecule has 2 heterocycles. The molecule has 78 valence electrons. The summed E-state index contributed by atoms with van der Waals surface area (Å²) in [6.07, 6.45) is 1.54. The maximum absolute atomic E-state index is 13.6. The summed E-state index contributed by atoms with van der Waals surface area (Å²) >= 11 is 0. The van der Waals surface area contributed by atoms with Crippen molar-refractivity contribution in [1.29, 1.82) is 5.26 Å². The van der Waals surface area contributed by atoms with Crippen molar-refractivity contribution in [3.8, 4) is 6.07 Å². The molecule has 0 unspecified atom stereocenters. The second-order valence-corrected chi connectivity index (χ2v) is 3.51. The zero-order chi connectivity index (χ0) is 11.3. The van der Waals surface area contributed by atoms with Crippen LogP contribution in [-0.4, -0.2) is 9.97 Å². The summed E-state index contributed by atoms with van der Waals surface area (Å²) in [6, 6.07) is 3.34. The Kier molecular flexibility index (Phi) is 1.57. The molecule has 0 saturated carbocycles. The monoisotopic (exact) mass is 215 g/mol. The number of oxazole rings is 1. The fourth-order valence-electron chi connectivity index (χ4n) is 1.85. The van der Waals surface area contributed by atoms with Crippen molar-refractivity contribution in [2.45, 2.75) is 6.92 Å². The number of halogens is 1. The van der Waals surface area contributed by atoms with E-state index >= 15 is 0 Å². The number of hydrogen-bond donors (Lipinski definition) is 1. The van der Waals surface area contributed by atoms with Crippen LogP contribution in [0, 0.1) is 24.1 Å². The third kappa shape index (κ3) is 0.984. The number of aromatic nitrogens is 2. The van der Waals surface area contributed by atoms with Crippen LogP contribution in [0.4, 0.5) is 4.39 Å². The molecule has 0 radical (unpaired) electrons. The van der Waals surface area contributed by atoms with Crippen LogP contribution >= 0.6 is 0 Å². The molecular weight excluding hydrogens is 209 g/mol. The number of rotatable bonds is 0. The lowest BCUT2D eigenvalue weighted by atomic mass is 10.1. The molecule has 0 fully saturated rings. The third-order valence-corrected chi connectivity index (χ3v) is 2.49. The van der Waals surface area contributed by atoms with Crippen LogP contribution in [0.25, 0.3) is 22.0 Å². The second-order valence-electron chi connectivity index (χ2n) is 3.51. The molecule has 0 bridgehead atoms. The number of hydrogen-bond acceptors (Lipinski definition) is 3. The first-order chi connectivity index (χ1) is 7.70. The van der Waals surface area contributed by atoms with E-state index in [2.05, 4.69) is 9.97 Å². The predicted octanol–water partition coefficient (Wildman–Crippen LogP) is 2.63. The van der Waals surface area contributed by atoms with Gasteiger partial charge in [0.15, 0.2) is 17.3 Å². The van der Waals surface area contributed by atoms with Crippen LogP contribution in [0.3, 0.4) is 0 Å². The first-order valence-electron chi connectivity index (χ1n) is 4.67. The van der Waals surface area contributed by atoms with Crippen molar-refractivity contribution in [3.05, 3.63) is 29.5 Å². The lowest BCUT2D eigenvalue weighted by molar-refractivity contribution is 0.528. The Morgan fingerprint density at radius 3 is 3.12 bits per heavy atom. The Hall–Kier alpha value is -2.35. The fourth-order valence-corrected chi connectivity index (χ4v) is 1.85. The van der Waals surface area contributed by atoms with Crippen molar-refractivity contribution in [1.82, 2.24) is 9.97 Å². The molecule has 0 aliphatic heterocycles. The van der Waals surface area contributed by atoms with Crippen molar-refractivity contribution in [3.63, 3.8) is 0 Å².